The summed E-state index contributed by atoms with van der Waals surface area (Å²) in [7, 11) is 0. The van der Waals surface area contributed by atoms with E-state index in [0.29, 0.717) is 24.5 Å². The van der Waals surface area contributed by atoms with Crippen molar-refractivity contribution in [1.29, 1.82) is 0 Å². The highest BCUT2D eigenvalue weighted by atomic mass is 19.4. The average molecular weight is 412 g/mol. The summed E-state index contributed by atoms with van der Waals surface area (Å²) in [5.41, 5.74) is 0.512. The quantitative estimate of drug-likeness (QED) is 0.665. The van der Waals surface area contributed by atoms with Crippen LogP contribution in [-0.2, 0) is 4.79 Å². The van der Waals surface area contributed by atoms with E-state index in [1.165, 1.54) is 42.6 Å². The van der Waals surface area contributed by atoms with Crippen LogP contribution in [0.3, 0.4) is 0 Å². The predicted octanol–water partition coefficient (Wildman–Crippen LogP) is 4.05. The monoisotopic (exact) mass is 412 g/mol. The fourth-order valence-corrected chi connectivity index (χ4v) is 2.78. The number of ether oxygens (including phenoxy) is 2. The Bertz CT molecular complexity index is 825. The molecule has 0 unspecified atom stereocenters. The van der Waals surface area contributed by atoms with Gasteiger partial charge in [-0.3, -0.25) is 9.78 Å². The Morgan fingerprint density at radius 3 is 2.48 bits per heavy atom. The maximum Gasteiger partial charge on any atom is 0.422 e. The van der Waals surface area contributed by atoms with E-state index in [4.69, 9.17) is 4.74 Å². The van der Waals surface area contributed by atoms with Crippen LogP contribution in [0.5, 0.6) is 11.5 Å². The van der Waals surface area contributed by atoms with Gasteiger partial charge < -0.3 is 14.8 Å². The smallest absolute Gasteiger partial charge is 0.422 e. The number of hydrogen-bond donors (Lipinski definition) is 1. The van der Waals surface area contributed by atoms with Crippen molar-refractivity contribution in [1.82, 2.24) is 10.3 Å². The number of carbonyl (C=O) groups is 1. The van der Waals surface area contributed by atoms with Gasteiger partial charge >= 0.3 is 6.18 Å². The first-order valence-electron chi connectivity index (χ1n) is 9.05. The van der Waals surface area contributed by atoms with Crippen LogP contribution in [0.1, 0.15) is 25.1 Å². The molecule has 1 N–H and O–H groups in total. The van der Waals surface area contributed by atoms with Gasteiger partial charge in [-0.15, -0.1) is 0 Å². The van der Waals surface area contributed by atoms with Crippen molar-refractivity contribution in [3.05, 3.63) is 54.1 Å². The molecule has 1 aromatic heterocycles. The van der Waals surface area contributed by atoms with Crippen molar-refractivity contribution < 1.29 is 31.8 Å². The molecular weight excluding hydrogens is 392 g/mol. The van der Waals surface area contributed by atoms with E-state index in [-0.39, 0.29) is 29.3 Å². The molecule has 0 aliphatic heterocycles. The maximum absolute atomic E-state index is 12.9. The molecule has 2 aromatic rings. The lowest BCUT2D eigenvalue weighted by molar-refractivity contribution is -0.153. The van der Waals surface area contributed by atoms with Crippen molar-refractivity contribution in [2.75, 3.05) is 13.2 Å². The van der Waals surface area contributed by atoms with Gasteiger partial charge in [-0.1, -0.05) is 0 Å². The number of pyridine rings is 1. The summed E-state index contributed by atoms with van der Waals surface area (Å²) in [6, 6.07) is 8.16. The first kappa shape index (κ1) is 20.9. The summed E-state index contributed by atoms with van der Waals surface area (Å²) >= 11 is 0. The van der Waals surface area contributed by atoms with Gasteiger partial charge in [0.15, 0.2) is 6.61 Å². The minimum atomic E-state index is -4.42. The normalized spacial score (nSPS) is 19.3. The summed E-state index contributed by atoms with van der Waals surface area (Å²) in [5.74, 6) is -0.0220. The second-order valence-electron chi connectivity index (χ2n) is 6.92. The van der Waals surface area contributed by atoms with E-state index >= 15 is 0 Å². The van der Waals surface area contributed by atoms with E-state index in [1.807, 2.05) is 0 Å². The number of benzene rings is 1. The van der Waals surface area contributed by atoms with Crippen LogP contribution in [0.2, 0.25) is 0 Å². The summed E-state index contributed by atoms with van der Waals surface area (Å²) in [5, 5.41) is 2.84. The Kier molecular flexibility index (Phi) is 6.24. The highest BCUT2D eigenvalue weighted by Crippen LogP contribution is 2.39. The third kappa shape index (κ3) is 6.33. The van der Waals surface area contributed by atoms with Crippen LogP contribution < -0.4 is 14.8 Å². The number of hydrogen-bond acceptors (Lipinski definition) is 4. The second kappa shape index (κ2) is 8.67. The van der Waals surface area contributed by atoms with Crippen molar-refractivity contribution >= 4 is 5.91 Å². The molecule has 0 radical (unpaired) electrons. The first-order valence-corrected chi connectivity index (χ1v) is 9.05. The number of rotatable bonds is 8. The predicted molar refractivity (Wildman–Crippen MR) is 95.8 cm³/mol. The third-order valence-corrected chi connectivity index (χ3v) is 4.50. The lowest BCUT2D eigenvalue weighted by Gasteiger charge is -2.14. The van der Waals surface area contributed by atoms with Gasteiger partial charge in [0, 0.05) is 11.8 Å². The standard InChI is InChI=1S/C20H20F4N2O3/c1-12(18-7-6-16(9-25-18)29-11-20(22,23)24)26-19(27)17-8-13(17)10-28-15-4-2-14(21)3-5-15/h2-7,9,12-13,17H,8,10-11H2,1H3,(H,26,27)/t12-,13-,17+/m1/s1. The molecule has 1 aliphatic rings. The van der Waals surface area contributed by atoms with Crippen LogP contribution >= 0.6 is 0 Å². The Hall–Kier alpha value is -2.84. The third-order valence-electron chi connectivity index (χ3n) is 4.50. The topological polar surface area (TPSA) is 60.5 Å². The number of halogens is 4. The molecule has 1 aromatic carbocycles. The second-order valence-corrected chi connectivity index (χ2v) is 6.92. The van der Waals surface area contributed by atoms with Gasteiger partial charge in [-0.25, -0.2) is 4.39 Å². The lowest BCUT2D eigenvalue weighted by atomic mass is 10.2. The van der Waals surface area contributed by atoms with Gasteiger partial charge in [-0.2, -0.15) is 13.2 Å². The summed E-state index contributed by atoms with van der Waals surface area (Å²) < 4.78 is 59.5. The Balaban J connectivity index is 1.43. The molecule has 29 heavy (non-hydrogen) atoms. The van der Waals surface area contributed by atoms with Crippen LogP contribution in [0.4, 0.5) is 17.6 Å². The van der Waals surface area contributed by atoms with Crippen molar-refractivity contribution in [2.45, 2.75) is 25.6 Å². The number of nitrogens with zero attached hydrogens (tertiary/aromatic N) is 1. The average Bonchev–Trinajstić information content (AvgIpc) is 3.45. The van der Waals surface area contributed by atoms with E-state index in [0.717, 1.165) is 0 Å². The molecule has 0 spiro atoms. The van der Waals surface area contributed by atoms with Crippen LogP contribution in [0, 0.1) is 17.7 Å². The molecule has 0 saturated heterocycles. The van der Waals surface area contributed by atoms with Crippen LogP contribution in [0.25, 0.3) is 0 Å². The Labute approximate surface area is 165 Å². The van der Waals surface area contributed by atoms with Crippen molar-refractivity contribution in [3.8, 4) is 11.5 Å². The van der Waals surface area contributed by atoms with Gasteiger partial charge in [-0.05, 0) is 49.7 Å². The van der Waals surface area contributed by atoms with E-state index in [9.17, 15) is 22.4 Å². The van der Waals surface area contributed by atoms with Crippen molar-refractivity contribution in [2.24, 2.45) is 11.8 Å². The molecule has 5 nitrogen and oxygen atoms in total. The number of nitrogens with one attached hydrogen (secondary N) is 1. The SMILES string of the molecule is C[C@@H](NC(=O)[C@H]1C[C@@H]1COc1ccc(F)cc1)c1ccc(OCC(F)(F)F)cn1. The van der Waals surface area contributed by atoms with Gasteiger partial charge in [0.05, 0.1) is 24.5 Å². The van der Waals surface area contributed by atoms with Crippen LogP contribution in [-0.4, -0.2) is 30.3 Å². The molecule has 1 heterocycles. The lowest BCUT2D eigenvalue weighted by Crippen LogP contribution is -2.29. The first-order chi connectivity index (χ1) is 13.7. The fourth-order valence-electron chi connectivity index (χ4n) is 2.78. The zero-order valence-corrected chi connectivity index (χ0v) is 15.6. The molecule has 1 amide bonds. The zero-order valence-electron chi connectivity index (χ0n) is 15.6. The van der Waals surface area contributed by atoms with E-state index < -0.39 is 18.8 Å². The largest absolute Gasteiger partial charge is 0.493 e. The summed E-state index contributed by atoms with van der Waals surface area (Å²) in [6.45, 7) is 0.716. The Morgan fingerprint density at radius 2 is 1.86 bits per heavy atom. The Morgan fingerprint density at radius 1 is 1.17 bits per heavy atom. The van der Waals surface area contributed by atoms with E-state index in [1.54, 1.807) is 6.92 Å². The molecule has 3 rings (SSSR count). The van der Waals surface area contributed by atoms with Crippen molar-refractivity contribution in [3.63, 3.8) is 0 Å². The number of alkyl halides is 3. The number of carbonyl (C=O) groups excluding carboxylic acids is 1. The molecule has 1 fully saturated rings. The highest BCUT2D eigenvalue weighted by molar-refractivity contribution is 5.81. The highest BCUT2D eigenvalue weighted by Gasteiger charge is 2.43. The molecule has 1 saturated carbocycles. The molecule has 3 atom stereocenters. The maximum atomic E-state index is 12.9. The minimum absolute atomic E-state index is 0.00444. The van der Waals surface area contributed by atoms with Crippen LogP contribution in [0.15, 0.2) is 42.6 Å². The molecule has 156 valence electrons. The summed E-state index contributed by atoms with van der Waals surface area (Å²) in [6.07, 6.45) is -2.53. The molecule has 9 heteroatoms. The molecule has 0 bridgehead atoms. The zero-order chi connectivity index (χ0) is 21.0. The fraction of sp³-hybridized carbons (Fsp3) is 0.400. The van der Waals surface area contributed by atoms with Gasteiger partial charge in [0.25, 0.3) is 0 Å². The van der Waals surface area contributed by atoms with Gasteiger partial charge in [0.1, 0.15) is 17.3 Å². The minimum Gasteiger partial charge on any atom is -0.493 e. The number of amides is 1. The van der Waals surface area contributed by atoms with Gasteiger partial charge in [0.2, 0.25) is 5.91 Å². The molecular formula is C20H20F4N2O3. The summed E-state index contributed by atoms with van der Waals surface area (Å²) in [4.78, 5) is 16.4. The number of aromatic nitrogens is 1. The van der Waals surface area contributed by atoms with E-state index in [2.05, 4.69) is 15.0 Å². The molecule has 1 aliphatic carbocycles.